The van der Waals surface area contributed by atoms with Crippen LogP contribution >= 0.6 is 0 Å². The van der Waals surface area contributed by atoms with Gasteiger partial charge >= 0.3 is 6.01 Å². The minimum Gasteiger partial charge on any atom is -0.422 e. The highest BCUT2D eigenvalue weighted by molar-refractivity contribution is 6.38. The highest BCUT2D eigenvalue weighted by Crippen LogP contribution is 2.24. The van der Waals surface area contributed by atoms with Gasteiger partial charge in [-0.25, -0.2) is 14.6 Å². The summed E-state index contributed by atoms with van der Waals surface area (Å²) in [6.45, 7) is 5.15. The van der Waals surface area contributed by atoms with Crippen molar-refractivity contribution in [1.82, 2.24) is 45.1 Å². The molecule has 0 aliphatic heterocycles. The number of hydrogen-bond donors (Lipinski definition) is 4. The minimum absolute atomic E-state index is 0.00492. The SMILES string of the molecule is Cc1cc(-n2nc(Cc3ccc4nc(-n5nc(C)cc5C(=O)NC(Cc5ccccc5)C(=O)C(N)=O)oc4c3)cc2C(=O)NC(Cc2ccccc2)C(=O)C(N)=O)nc(C)n1. The van der Waals surface area contributed by atoms with E-state index in [-0.39, 0.29) is 36.7 Å². The Morgan fingerprint density at radius 2 is 1.20 bits per heavy atom. The summed E-state index contributed by atoms with van der Waals surface area (Å²) in [6.07, 6.45) is 0.245. The molecule has 3 aromatic carbocycles. The van der Waals surface area contributed by atoms with Gasteiger partial charge in [-0.05, 0) is 61.7 Å². The summed E-state index contributed by atoms with van der Waals surface area (Å²) >= 11 is 0. The first-order valence-electron chi connectivity index (χ1n) is 19.0. The molecule has 6 N–H and O–H groups in total. The van der Waals surface area contributed by atoms with Crippen LogP contribution in [0.1, 0.15) is 60.6 Å². The van der Waals surface area contributed by atoms with Gasteiger partial charge in [0.25, 0.3) is 23.6 Å². The first kappa shape index (κ1) is 41.0. The number of fused-ring (bicyclic) bond motifs is 1. The van der Waals surface area contributed by atoms with Gasteiger partial charge < -0.3 is 26.5 Å². The topological polar surface area (TPSA) is 266 Å². The van der Waals surface area contributed by atoms with E-state index in [1.807, 2.05) is 0 Å². The predicted octanol–water partition coefficient (Wildman–Crippen LogP) is 2.30. The van der Waals surface area contributed by atoms with Gasteiger partial charge in [-0.2, -0.15) is 19.9 Å². The van der Waals surface area contributed by atoms with Gasteiger partial charge in [-0.15, -0.1) is 0 Å². The zero-order chi connectivity index (χ0) is 43.4. The fourth-order valence-corrected chi connectivity index (χ4v) is 6.76. The standard InChI is InChI=1S/C43H39N11O7/c1-23-17-36(47-25(3)46-23)53-34(42(60)49-32(38(56)40(45)58)20-27-12-8-5-9-13-27)22-29(52-53)18-28-14-15-30-35(21-28)61-43(50-30)54-33(16-24(2)51-54)41(59)48-31(37(55)39(44)57)19-26-10-6-4-7-11-26/h4-17,21-22,31-32H,18-20H2,1-3H3,(H2,44,57)(H2,45,58)(H,48,59)(H,49,60). The van der Waals surface area contributed by atoms with Gasteiger partial charge in [0.1, 0.15) is 34.8 Å². The van der Waals surface area contributed by atoms with Crippen molar-refractivity contribution in [2.45, 2.75) is 52.1 Å². The molecule has 18 nitrogen and oxygen atoms in total. The fourth-order valence-electron chi connectivity index (χ4n) is 6.76. The van der Waals surface area contributed by atoms with E-state index in [1.54, 1.807) is 112 Å². The Hall–Kier alpha value is -8.15. The average Bonchev–Trinajstić information content (AvgIpc) is 3.96. The van der Waals surface area contributed by atoms with Crippen LogP contribution in [0.4, 0.5) is 0 Å². The molecule has 0 saturated heterocycles. The Bertz CT molecular complexity index is 2810. The number of Topliss-reactive ketones (excluding diaryl/α,β-unsaturated/α-hetero) is 2. The number of nitrogens with one attached hydrogen (secondary N) is 2. The molecule has 0 bridgehead atoms. The summed E-state index contributed by atoms with van der Waals surface area (Å²) in [4.78, 5) is 90.6. The lowest BCUT2D eigenvalue weighted by molar-refractivity contribution is -0.137. The van der Waals surface area contributed by atoms with Gasteiger partial charge in [0.15, 0.2) is 11.4 Å². The smallest absolute Gasteiger partial charge is 0.324 e. The lowest BCUT2D eigenvalue weighted by Crippen LogP contribution is -2.47. The molecule has 4 amide bonds. The summed E-state index contributed by atoms with van der Waals surface area (Å²) in [5.41, 5.74) is 15.1. The number of benzene rings is 3. The molecule has 18 heteroatoms. The molecule has 0 saturated carbocycles. The quantitative estimate of drug-likeness (QED) is 0.102. The van der Waals surface area contributed by atoms with E-state index in [2.05, 4.69) is 30.7 Å². The van der Waals surface area contributed by atoms with Gasteiger partial charge in [0.05, 0.1) is 11.4 Å². The number of ketones is 2. The lowest BCUT2D eigenvalue weighted by Gasteiger charge is -2.17. The van der Waals surface area contributed by atoms with Crippen LogP contribution in [0.2, 0.25) is 0 Å². The van der Waals surface area contributed by atoms with Crippen molar-refractivity contribution >= 4 is 46.3 Å². The molecule has 0 aliphatic carbocycles. The number of amides is 4. The van der Waals surface area contributed by atoms with Crippen molar-refractivity contribution < 1.29 is 33.2 Å². The van der Waals surface area contributed by atoms with E-state index in [0.717, 1.165) is 0 Å². The monoisotopic (exact) mass is 821 g/mol. The van der Waals surface area contributed by atoms with Crippen LogP contribution in [-0.4, -0.2) is 81.8 Å². The Morgan fingerprint density at radius 3 is 1.75 bits per heavy atom. The lowest BCUT2D eigenvalue weighted by atomic mass is 10.0. The van der Waals surface area contributed by atoms with Crippen LogP contribution in [0.15, 0.2) is 101 Å². The molecule has 308 valence electrons. The maximum absolute atomic E-state index is 14.0. The van der Waals surface area contributed by atoms with Crippen molar-refractivity contribution in [2.75, 3.05) is 0 Å². The van der Waals surface area contributed by atoms with Crippen LogP contribution in [0.3, 0.4) is 0 Å². The second-order valence-corrected chi connectivity index (χ2v) is 14.3. The molecule has 0 radical (unpaired) electrons. The molecule has 4 aromatic heterocycles. The molecule has 0 fully saturated rings. The van der Waals surface area contributed by atoms with Crippen molar-refractivity contribution in [3.63, 3.8) is 0 Å². The minimum atomic E-state index is -1.25. The third-order valence-electron chi connectivity index (χ3n) is 9.53. The number of oxazole rings is 1. The van der Waals surface area contributed by atoms with E-state index in [0.29, 0.717) is 56.5 Å². The number of carbonyl (C=O) groups excluding carboxylic acids is 6. The highest BCUT2D eigenvalue weighted by Gasteiger charge is 2.30. The zero-order valence-electron chi connectivity index (χ0n) is 33.2. The van der Waals surface area contributed by atoms with Gasteiger partial charge in [-0.3, -0.25) is 28.8 Å². The first-order chi connectivity index (χ1) is 29.2. The Labute approximate surface area is 347 Å². The van der Waals surface area contributed by atoms with Crippen molar-refractivity contribution in [1.29, 1.82) is 0 Å². The molecule has 2 atom stereocenters. The van der Waals surface area contributed by atoms with E-state index in [9.17, 15) is 28.8 Å². The Balaban J connectivity index is 1.16. The second-order valence-electron chi connectivity index (χ2n) is 14.3. The molecule has 4 heterocycles. The number of nitrogens with two attached hydrogens (primary N) is 2. The first-order valence-corrected chi connectivity index (χ1v) is 19.0. The summed E-state index contributed by atoms with van der Waals surface area (Å²) in [7, 11) is 0. The molecular formula is C43H39N11O7. The van der Waals surface area contributed by atoms with E-state index < -0.39 is 47.3 Å². The Morgan fingerprint density at radius 1 is 0.623 bits per heavy atom. The van der Waals surface area contributed by atoms with E-state index in [1.165, 1.54) is 15.4 Å². The molecule has 0 spiro atoms. The van der Waals surface area contributed by atoms with Crippen molar-refractivity contribution in [2.24, 2.45) is 11.5 Å². The normalized spacial score (nSPS) is 12.1. The molecule has 0 aliphatic rings. The number of rotatable bonds is 16. The molecule has 2 unspecified atom stereocenters. The number of hydrogen-bond acceptors (Lipinski definition) is 12. The molecule has 7 rings (SSSR count). The molecule has 7 aromatic rings. The molecule has 61 heavy (non-hydrogen) atoms. The number of carbonyl (C=O) groups is 6. The summed E-state index contributed by atoms with van der Waals surface area (Å²) in [5, 5.41) is 14.4. The second kappa shape index (κ2) is 17.4. The van der Waals surface area contributed by atoms with Gasteiger partial charge in [0.2, 0.25) is 11.6 Å². The van der Waals surface area contributed by atoms with Gasteiger partial charge in [0, 0.05) is 31.0 Å². The highest BCUT2D eigenvalue weighted by atomic mass is 16.4. The maximum atomic E-state index is 14.0. The summed E-state index contributed by atoms with van der Waals surface area (Å²) in [6, 6.07) is 25.1. The largest absolute Gasteiger partial charge is 0.422 e. The number of nitrogens with zero attached hydrogens (tertiary/aromatic N) is 7. The van der Waals surface area contributed by atoms with Crippen LogP contribution in [0.25, 0.3) is 22.9 Å². The van der Waals surface area contributed by atoms with Crippen LogP contribution in [-0.2, 0) is 38.4 Å². The van der Waals surface area contributed by atoms with E-state index in [4.69, 9.17) is 21.0 Å². The third kappa shape index (κ3) is 9.44. The van der Waals surface area contributed by atoms with Crippen LogP contribution in [0.5, 0.6) is 0 Å². The average molecular weight is 822 g/mol. The van der Waals surface area contributed by atoms with Gasteiger partial charge in [-0.1, -0.05) is 66.7 Å². The number of aromatic nitrogens is 7. The van der Waals surface area contributed by atoms with Crippen LogP contribution < -0.4 is 22.1 Å². The van der Waals surface area contributed by atoms with Crippen molar-refractivity contribution in [3.8, 4) is 11.8 Å². The third-order valence-corrected chi connectivity index (χ3v) is 9.53. The summed E-state index contributed by atoms with van der Waals surface area (Å²) in [5.74, 6) is -4.95. The summed E-state index contributed by atoms with van der Waals surface area (Å²) < 4.78 is 8.66. The van der Waals surface area contributed by atoms with Crippen LogP contribution in [0, 0.1) is 20.8 Å². The number of aryl methyl sites for hydroxylation is 3. The zero-order valence-corrected chi connectivity index (χ0v) is 33.2. The number of primary amides is 2. The fraction of sp³-hybridized carbons (Fsp3) is 0.186. The Kier molecular flexibility index (Phi) is 11.7. The maximum Gasteiger partial charge on any atom is 0.324 e. The van der Waals surface area contributed by atoms with Crippen molar-refractivity contribution in [3.05, 3.63) is 148 Å². The molecular weight excluding hydrogens is 783 g/mol. The van der Waals surface area contributed by atoms with E-state index >= 15 is 0 Å². The predicted molar refractivity (Wildman–Crippen MR) is 219 cm³/mol.